The van der Waals surface area contributed by atoms with Crippen LogP contribution in [0.5, 0.6) is 0 Å². The molecule has 1 heterocycles. The second-order valence-electron chi connectivity index (χ2n) is 7.75. The van der Waals surface area contributed by atoms with E-state index in [0.29, 0.717) is 0 Å². The molecule has 4 heteroatoms. The highest BCUT2D eigenvalue weighted by atomic mass is 16.7. The van der Waals surface area contributed by atoms with Crippen molar-refractivity contribution in [2.24, 2.45) is 0 Å². The van der Waals surface area contributed by atoms with E-state index in [-0.39, 0.29) is 11.2 Å². The molecule has 0 unspecified atom stereocenters. The summed E-state index contributed by atoms with van der Waals surface area (Å²) in [5, 5.41) is 0. The third kappa shape index (κ3) is 3.04. The summed E-state index contributed by atoms with van der Waals surface area (Å²) in [6.07, 6.45) is 3.21. The normalized spacial score (nSPS) is 21.8. The van der Waals surface area contributed by atoms with E-state index < -0.39 is 6.55 Å². The molecule has 22 heavy (non-hydrogen) atoms. The van der Waals surface area contributed by atoms with E-state index in [9.17, 15) is 0 Å². The molecule has 124 valence electrons. The Balaban J connectivity index is 2.39. The molecule has 1 saturated heterocycles. The van der Waals surface area contributed by atoms with Gasteiger partial charge in [-0.05, 0) is 39.8 Å². The number of nitrogens with zero attached hydrogens (tertiary/aromatic N) is 1. The Bertz CT molecular complexity index is 492. The third-order valence-corrected chi connectivity index (χ3v) is 5.27. The standard InChI is InChI=1S/C18H31BNO2/c1-8-9-14-19(21-17(2,3)18(4,5)22-19)15-10-12-16(13-11-15)20(6)7/h10-13H,8-9,14H2,1-7H3/q-1. The Kier molecular flexibility index (Phi) is 4.65. The van der Waals surface area contributed by atoms with Gasteiger partial charge in [0, 0.05) is 31.0 Å². The van der Waals surface area contributed by atoms with Crippen LogP contribution in [0.3, 0.4) is 0 Å². The maximum absolute atomic E-state index is 6.57. The van der Waals surface area contributed by atoms with Gasteiger partial charge in [-0.25, -0.2) is 0 Å². The predicted octanol–water partition coefficient (Wildman–Crippen LogP) is 3.81. The maximum atomic E-state index is 6.57. The van der Waals surface area contributed by atoms with E-state index in [1.54, 1.807) is 0 Å². The average Bonchev–Trinajstić information content (AvgIpc) is 2.63. The van der Waals surface area contributed by atoms with Gasteiger partial charge in [-0.3, -0.25) is 0 Å². The molecule has 2 rings (SSSR count). The Morgan fingerprint density at radius 3 is 1.86 bits per heavy atom. The molecule has 1 aliphatic rings. The Morgan fingerprint density at radius 2 is 1.45 bits per heavy atom. The molecule has 0 saturated carbocycles. The number of rotatable bonds is 5. The van der Waals surface area contributed by atoms with E-state index in [4.69, 9.17) is 9.31 Å². The number of unbranched alkanes of at least 4 members (excludes halogenated alkanes) is 1. The van der Waals surface area contributed by atoms with Crippen molar-refractivity contribution in [1.82, 2.24) is 0 Å². The number of hydrogen-bond acceptors (Lipinski definition) is 3. The summed E-state index contributed by atoms with van der Waals surface area (Å²) in [6.45, 7) is 9.34. The van der Waals surface area contributed by atoms with Gasteiger partial charge in [0.1, 0.15) is 0 Å². The molecule has 0 spiro atoms. The number of hydrogen-bond donors (Lipinski definition) is 0. The molecule has 3 nitrogen and oxygen atoms in total. The second kappa shape index (κ2) is 5.90. The molecule has 1 aromatic carbocycles. The first-order valence-electron chi connectivity index (χ1n) is 8.47. The summed E-state index contributed by atoms with van der Waals surface area (Å²) in [4.78, 5) is 2.11. The Hall–Kier alpha value is -0.995. The van der Waals surface area contributed by atoms with Crippen molar-refractivity contribution in [3.05, 3.63) is 24.3 Å². The number of benzene rings is 1. The van der Waals surface area contributed by atoms with E-state index in [1.807, 2.05) is 0 Å². The highest BCUT2D eigenvalue weighted by molar-refractivity contribution is 6.81. The van der Waals surface area contributed by atoms with Gasteiger partial charge < -0.3 is 14.2 Å². The zero-order chi connectivity index (χ0) is 16.6. The van der Waals surface area contributed by atoms with Crippen LogP contribution in [0, 0.1) is 0 Å². The summed E-state index contributed by atoms with van der Waals surface area (Å²) in [5.74, 6) is 0. The van der Waals surface area contributed by atoms with E-state index in [0.717, 1.165) is 19.2 Å². The van der Waals surface area contributed by atoms with E-state index in [2.05, 4.69) is 77.9 Å². The minimum atomic E-state index is -1.42. The van der Waals surface area contributed by atoms with Crippen LogP contribution in [0.15, 0.2) is 24.3 Å². The zero-order valence-electron chi connectivity index (χ0n) is 15.3. The first-order valence-corrected chi connectivity index (χ1v) is 8.47. The third-order valence-electron chi connectivity index (χ3n) is 5.27. The maximum Gasteiger partial charge on any atom is 0.270 e. The highest BCUT2D eigenvalue weighted by Gasteiger charge is 2.51. The van der Waals surface area contributed by atoms with Crippen molar-refractivity contribution in [2.75, 3.05) is 19.0 Å². The minimum Gasteiger partial charge on any atom is -0.558 e. The summed E-state index contributed by atoms with van der Waals surface area (Å²) in [5.41, 5.74) is 1.79. The first-order chi connectivity index (χ1) is 10.1. The van der Waals surface area contributed by atoms with Crippen molar-refractivity contribution < 1.29 is 9.31 Å². The fourth-order valence-corrected chi connectivity index (χ4v) is 3.22. The molecular weight excluding hydrogens is 273 g/mol. The minimum absolute atomic E-state index is 0.291. The van der Waals surface area contributed by atoms with Crippen molar-refractivity contribution >= 4 is 17.7 Å². The summed E-state index contributed by atoms with van der Waals surface area (Å²) in [6, 6.07) is 8.64. The smallest absolute Gasteiger partial charge is 0.270 e. The summed E-state index contributed by atoms with van der Waals surface area (Å²) in [7, 11) is 4.11. The SMILES string of the molecule is CCCC[B-]1(c2ccc(N(C)C)cc2)OC(C)(C)C(C)(C)O1. The fourth-order valence-electron chi connectivity index (χ4n) is 3.22. The van der Waals surface area contributed by atoms with Gasteiger partial charge in [0.15, 0.2) is 0 Å². The van der Waals surface area contributed by atoms with Crippen LogP contribution < -0.4 is 10.4 Å². The summed E-state index contributed by atoms with van der Waals surface area (Å²) < 4.78 is 13.1. The fraction of sp³-hybridized carbons (Fsp3) is 0.667. The van der Waals surface area contributed by atoms with Crippen molar-refractivity contribution in [3.63, 3.8) is 0 Å². The monoisotopic (exact) mass is 304 g/mol. The Morgan fingerprint density at radius 1 is 0.955 bits per heavy atom. The molecular formula is C18H31BNO2-. The van der Waals surface area contributed by atoms with E-state index in [1.165, 1.54) is 11.2 Å². The first kappa shape index (κ1) is 17.4. The zero-order valence-corrected chi connectivity index (χ0v) is 15.3. The van der Waals surface area contributed by atoms with Gasteiger partial charge in [0.25, 0.3) is 6.55 Å². The van der Waals surface area contributed by atoms with Crippen LogP contribution >= 0.6 is 0 Å². The largest absolute Gasteiger partial charge is 0.558 e. The van der Waals surface area contributed by atoms with Gasteiger partial charge in [-0.1, -0.05) is 31.9 Å². The van der Waals surface area contributed by atoms with Gasteiger partial charge in [-0.2, -0.15) is 5.46 Å². The molecule has 0 amide bonds. The quantitative estimate of drug-likeness (QED) is 0.772. The molecule has 0 atom stereocenters. The topological polar surface area (TPSA) is 21.7 Å². The van der Waals surface area contributed by atoms with Gasteiger partial charge >= 0.3 is 0 Å². The number of anilines is 1. The molecule has 1 fully saturated rings. The van der Waals surface area contributed by atoms with Crippen LogP contribution in [0.25, 0.3) is 0 Å². The predicted molar refractivity (Wildman–Crippen MR) is 96.2 cm³/mol. The lowest BCUT2D eigenvalue weighted by Gasteiger charge is -2.38. The van der Waals surface area contributed by atoms with Gasteiger partial charge in [-0.15, -0.1) is 6.32 Å². The summed E-state index contributed by atoms with van der Waals surface area (Å²) >= 11 is 0. The van der Waals surface area contributed by atoms with Crippen molar-refractivity contribution in [2.45, 2.75) is 65.0 Å². The molecule has 0 bridgehead atoms. The molecule has 1 aromatic rings. The van der Waals surface area contributed by atoms with Gasteiger partial charge in [0.05, 0.1) is 0 Å². The molecule has 0 radical (unpaired) electrons. The van der Waals surface area contributed by atoms with Crippen molar-refractivity contribution in [1.29, 1.82) is 0 Å². The van der Waals surface area contributed by atoms with Crippen molar-refractivity contribution in [3.8, 4) is 0 Å². The second-order valence-corrected chi connectivity index (χ2v) is 7.75. The van der Waals surface area contributed by atoms with Crippen LogP contribution in [0.2, 0.25) is 6.32 Å². The Labute approximate surface area is 136 Å². The molecule has 0 N–H and O–H groups in total. The van der Waals surface area contributed by atoms with E-state index >= 15 is 0 Å². The molecule has 0 aliphatic carbocycles. The van der Waals surface area contributed by atoms with Crippen LogP contribution in [-0.2, 0) is 9.31 Å². The van der Waals surface area contributed by atoms with Crippen LogP contribution in [0.4, 0.5) is 5.69 Å². The highest BCUT2D eigenvalue weighted by Crippen LogP contribution is 2.43. The van der Waals surface area contributed by atoms with Crippen LogP contribution in [0.1, 0.15) is 47.5 Å². The lowest BCUT2D eigenvalue weighted by Crippen LogP contribution is -2.51. The lowest BCUT2D eigenvalue weighted by atomic mass is 9.48. The van der Waals surface area contributed by atoms with Gasteiger partial charge in [0.2, 0.25) is 0 Å². The average molecular weight is 304 g/mol. The van der Waals surface area contributed by atoms with Crippen LogP contribution in [-0.4, -0.2) is 31.8 Å². The molecule has 0 aromatic heterocycles. The lowest BCUT2D eigenvalue weighted by molar-refractivity contribution is 0.00578. The molecule has 1 aliphatic heterocycles.